The number of aromatic nitrogens is 5. The molecular formula is C97H73N5O2. The predicted octanol–water partition coefficient (Wildman–Crippen LogP) is 25.9. The number of rotatable bonds is 14. The van der Waals surface area contributed by atoms with Gasteiger partial charge in [0.25, 0.3) is 0 Å². The normalized spacial score (nSPS) is 11.0. The van der Waals surface area contributed by atoms with Gasteiger partial charge in [0, 0.05) is 34.6 Å². The van der Waals surface area contributed by atoms with Crippen molar-refractivity contribution in [2.24, 2.45) is 0 Å². The van der Waals surface area contributed by atoms with Crippen LogP contribution in [-0.2, 0) is 5.41 Å². The molecule has 104 heavy (non-hydrogen) atoms. The van der Waals surface area contributed by atoms with Crippen molar-refractivity contribution in [3.05, 3.63) is 394 Å². The molecule has 0 aliphatic carbocycles. The fraction of sp³-hybridized carbons (Fsp3) is 0.0412. The van der Waals surface area contributed by atoms with Gasteiger partial charge in [-0.3, -0.25) is 4.98 Å². The average molecular weight is 1340 g/mol. The topological polar surface area (TPSA) is 90.7 Å². The summed E-state index contributed by atoms with van der Waals surface area (Å²) in [4.78, 5) is 4.13. The fourth-order valence-electron chi connectivity index (χ4n) is 12.8. The molecule has 0 atom stereocenters. The van der Waals surface area contributed by atoms with Crippen LogP contribution < -0.4 is 0 Å². The molecule has 14 aromatic carbocycles. The van der Waals surface area contributed by atoms with Crippen molar-refractivity contribution >= 4 is 0 Å². The molecule has 0 bridgehead atoms. The zero-order valence-corrected chi connectivity index (χ0v) is 58.0. The second kappa shape index (κ2) is 31.0. The van der Waals surface area contributed by atoms with Gasteiger partial charge in [0.05, 0.1) is 0 Å². The Balaban J connectivity index is 0.000000131. The summed E-state index contributed by atoms with van der Waals surface area (Å²) in [6, 6.07) is 131. The van der Waals surface area contributed by atoms with E-state index in [4.69, 9.17) is 8.83 Å². The molecule has 17 rings (SSSR count). The van der Waals surface area contributed by atoms with Gasteiger partial charge < -0.3 is 8.83 Å². The molecule has 17 aromatic rings. The van der Waals surface area contributed by atoms with Crippen LogP contribution in [0.25, 0.3) is 157 Å². The third kappa shape index (κ3) is 15.9. The second-order valence-corrected chi connectivity index (χ2v) is 26.6. The van der Waals surface area contributed by atoms with Crippen molar-refractivity contribution in [2.45, 2.75) is 26.2 Å². The quantitative estimate of drug-likeness (QED) is 0.107. The molecule has 0 aliphatic rings. The van der Waals surface area contributed by atoms with E-state index >= 15 is 0 Å². The van der Waals surface area contributed by atoms with Crippen LogP contribution in [0.4, 0.5) is 0 Å². The van der Waals surface area contributed by atoms with E-state index in [0.717, 1.165) is 44.5 Å². The van der Waals surface area contributed by atoms with E-state index in [1.807, 2.05) is 109 Å². The molecule has 0 saturated heterocycles. The Hall–Kier alpha value is -13.5. The highest BCUT2D eigenvalue weighted by Gasteiger charge is 2.20. The Kier molecular flexibility index (Phi) is 19.8. The van der Waals surface area contributed by atoms with E-state index in [-0.39, 0.29) is 5.41 Å². The van der Waals surface area contributed by atoms with Gasteiger partial charge in [-0.05, 0) is 244 Å². The lowest BCUT2D eigenvalue weighted by atomic mass is 9.83. The molecule has 0 saturated carbocycles. The van der Waals surface area contributed by atoms with Crippen LogP contribution in [0.2, 0.25) is 0 Å². The van der Waals surface area contributed by atoms with Gasteiger partial charge >= 0.3 is 0 Å². The van der Waals surface area contributed by atoms with Crippen molar-refractivity contribution in [3.8, 4) is 157 Å². The number of hydrogen-bond donors (Lipinski definition) is 0. The van der Waals surface area contributed by atoms with Crippen LogP contribution in [0.1, 0.15) is 26.3 Å². The van der Waals surface area contributed by atoms with Crippen molar-refractivity contribution in [2.75, 3.05) is 0 Å². The lowest BCUT2D eigenvalue weighted by Crippen LogP contribution is -2.11. The van der Waals surface area contributed by atoms with Gasteiger partial charge in [-0.2, -0.15) is 0 Å². The molecule has 3 aromatic heterocycles. The molecule has 0 fully saturated rings. The third-order valence-corrected chi connectivity index (χ3v) is 18.4. The maximum Gasteiger partial charge on any atom is 0.248 e. The van der Waals surface area contributed by atoms with Crippen LogP contribution in [-0.4, -0.2) is 25.4 Å². The molecular weight excluding hydrogens is 1270 g/mol. The van der Waals surface area contributed by atoms with Crippen LogP contribution in [0.3, 0.4) is 0 Å². The first-order valence-electron chi connectivity index (χ1n) is 35.0. The molecule has 3 heterocycles. The standard InChI is InChI=1S/C38H30N4O2.C36H26.C23H17N/c1-38(2,3)33-23-31(25-14-18-29(19-15-25)36-41-39-34(43-36)27-10-6-4-7-11-27)22-32(24-33)26-16-20-30(21-17-26)37-42-40-35(44-37)28-12-8-5-9-13-28;1-5-13-27(14-6-1)31-21-32(28-15-7-2-8-16-28)24-35(23-31)36-25-33(29-17-9-3-10-18-29)22-34(26-36)30-19-11-4-12-20-30;1-3-7-18(8-4-1)21-15-22(19-9-5-2-6-10-19)17-23(16-21)20-11-13-24-14-12-20/h4-24H,1-3H3;1-26H;1-17H. The van der Waals surface area contributed by atoms with Gasteiger partial charge in [0.1, 0.15) is 0 Å². The van der Waals surface area contributed by atoms with Crippen LogP contribution >= 0.6 is 0 Å². The Morgan fingerprint density at radius 3 is 0.558 bits per heavy atom. The summed E-state index contributed by atoms with van der Waals surface area (Å²) < 4.78 is 11.9. The fourth-order valence-corrected chi connectivity index (χ4v) is 12.8. The predicted molar refractivity (Wildman–Crippen MR) is 428 cm³/mol. The monoisotopic (exact) mass is 1340 g/mol. The van der Waals surface area contributed by atoms with Crippen molar-refractivity contribution in [1.29, 1.82) is 0 Å². The molecule has 0 radical (unpaired) electrons. The molecule has 7 nitrogen and oxygen atoms in total. The molecule has 0 unspecified atom stereocenters. The minimum Gasteiger partial charge on any atom is -0.416 e. The van der Waals surface area contributed by atoms with E-state index in [9.17, 15) is 0 Å². The van der Waals surface area contributed by atoms with Gasteiger partial charge in [0.2, 0.25) is 23.6 Å². The summed E-state index contributed by atoms with van der Waals surface area (Å²) in [6.07, 6.45) is 3.68. The van der Waals surface area contributed by atoms with Crippen molar-refractivity contribution < 1.29 is 8.83 Å². The van der Waals surface area contributed by atoms with E-state index in [1.54, 1.807) is 0 Å². The molecule has 7 heteroatoms. The Morgan fingerprint density at radius 2 is 0.337 bits per heavy atom. The summed E-state index contributed by atoms with van der Waals surface area (Å²) >= 11 is 0. The third-order valence-electron chi connectivity index (χ3n) is 18.4. The zero-order chi connectivity index (χ0) is 70.4. The maximum atomic E-state index is 5.97. The first kappa shape index (κ1) is 66.4. The molecule has 0 N–H and O–H groups in total. The van der Waals surface area contributed by atoms with E-state index in [2.05, 4.69) is 325 Å². The molecule has 498 valence electrons. The maximum absolute atomic E-state index is 5.97. The second-order valence-electron chi connectivity index (χ2n) is 26.6. The lowest BCUT2D eigenvalue weighted by Gasteiger charge is -2.22. The molecule has 0 aliphatic heterocycles. The van der Waals surface area contributed by atoms with Crippen molar-refractivity contribution in [3.63, 3.8) is 0 Å². The highest BCUT2D eigenvalue weighted by atomic mass is 16.4. The molecule has 0 amide bonds. The average Bonchev–Trinajstić information content (AvgIpc) is 0.885. The summed E-state index contributed by atoms with van der Waals surface area (Å²) in [6.45, 7) is 6.71. The zero-order valence-electron chi connectivity index (χ0n) is 58.0. The van der Waals surface area contributed by atoms with Gasteiger partial charge in [-0.1, -0.05) is 276 Å². The van der Waals surface area contributed by atoms with Gasteiger partial charge in [-0.25, -0.2) is 0 Å². The summed E-state index contributed by atoms with van der Waals surface area (Å²) in [5.74, 6) is 2.01. The minimum atomic E-state index is -0.0279. The van der Waals surface area contributed by atoms with Crippen LogP contribution in [0, 0.1) is 0 Å². The summed E-state index contributed by atoms with van der Waals surface area (Å²) in [5, 5.41) is 17.0. The SMILES string of the molecule is CC(C)(C)c1cc(-c2ccc(-c3nnc(-c4ccccc4)o3)cc2)cc(-c2ccc(-c3nnc(-c4ccccc4)o3)cc2)c1.c1ccc(-c2cc(-c3ccccc3)cc(-c3cc(-c4ccccc4)cc(-c4ccccc4)c3)c2)cc1.c1ccc(-c2cc(-c3ccccc3)cc(-c3ccncc3)c2)cc1. The van der Waals surface area contributed by atoms with Crippen LogP contribution in [0.15, 0.2) is 397 Å². The highest BCUT2D eigenvalue weighted by Crippen LogP contribution is 2.40. The van der Waals surface area contributed by atoms with E-state index < -0.39 is 0 Å². The van der Waals surface area contributed by atoms with E-state index in [1.165, 1.54) is 94.6 Å². The van der Waals surface area contributed by atoms with E-state index in [0.29, 0.717) is 23.6 Å². The summed E-state index contributed by atoms with van der Waals surface area (Å²) in [5.41, 5.74) is 28.8. The first-order chi connectivity index (χ1) is 51.1. The number of hydrogen-bond acceptors (Lipinski definition) is 7. The van der Waals surface area contributed by atoms with Gasteiger partial charge in [-0.15, -0.1) is 20.4 Å². The Labute approximate surface area is 607 Å². The van der Waals surface area contributed by atoms with Gasteiger partial charge in [0.15, 0.2) is 0 Å². The Bertz CT molecular complexity index is 5120. The summed E-state index contributed by atoms with van der Waals surface area (Å²) in [7, 11) is 0. The van der Waals surface area contributed by atoms with Crippen molar-refractivity contribution in [1.82, 2.24) is 25.4 Å². The van der Waals surface area contributed by atoms with Crippen LogP contribution in [0.5, 0.6) is 0 Å². The first-order valence-corrected chi connectivity index (χ1v) is 35.0. The highest BCUT2D eigenvalue weighted by molar-refractivity contribution is 5.87. The number of pyridine rings is 1. The Morgan fingerprint density at radius 1 is 0.173 bits per heavy atom. The lowest BCUT2D eigenvalue weighted by molar-refractivity contribution is 0.584. The smallest absolute Gasteiger partial charge is 0.248 e. The number of nitrogens with zero attached hydrogens (tertiary/aromatic N) is 5. The molecule has 0 spiro atoms. The largest absolute Gasteiger partial charge is 0.416 e. The minimum absolute atomic E-state index is 0.0279. The number of benzene rings is 14.